The van der Waals surface area contributed by atoms with Crippen LogP contribution >= 0.6 is 11.6 Å². The highest BCUT2D eigenvalue weighted by Gasteiger charge is 2.16. The SMILES string of the molecule is O=S(=O)(NCc1nnnn1-c1ccc(Cl)cc1)c1cccnc1. The van der Waals surface area contributed by atoms with Gasteiger partial charge in [-0.25, -0.2) is 13.1 Å². The van der Waals surface area contributed by atoms with Gasteiger partial charge in [0.15, 0.2) is 5.82 Å². The normalized spacial score (nSPS) is 11.5. The van der Waals surface area contributed by atoms with E-state index in [0.717, 1.165) is 0 Å². The Bertz CT molecular complexity index is 896. The van der Waals surface area contributed by atoms with E-state index in [1.807, 2.05) is 0 Å². The molecular weight excluding hydrogens is 340 g/mol. The summed E-state index contributed by atoms with van der Waals surface area (Å²) in [7, 11) is -3.68. The molecule has 0 radical (unpaired) electrons. The first-order valence-corrected chi connectivity index (χ1v) is 8.35. The highest BCUT2D eigenvalue weighted by atomic mass is 35.5. The summed E-state index contributed by atoms with van der Waals surface area (Å²) < 4.78 is 28.2. The first-order valence-electron chi connectivity index (χ1n) is 6.49. The number of rotatable bonds is 5. The number of pyridine rings is 1. The van der Waals surface area contributed by atoms with E-state index in [1.54, 1.807) is 30.3 Å². The monoisotopic (exact) mass is 350 g/mol. The second kappa shape index (κ2) is 6.41. The largest absolute Gasteiger partial charge is 0.263 e. The van der Waals surface area contributed by atoms with Crippen LogP contribution in [0, 0.1) is 0 Å². The van der Waals surface area contributed by atoms with Crippen molar-refractivity contribution >= 4 is 21.6 Å². The number of nitrogens with one attached hydrogen (secondary N) is 1. The average Bonchev–Trinajstić information content (AvgIpc) is 3.03. The van der Waals surface area contributed by atoms with Crippen LogP contribution in [0.25, 0.3) is 5.69 Å². The summed E-state index contributed by atoms with van der Waals surface area (Å²) in [4.78, 5) is 3.87. The summed E-state index contributed by atoms with van der Waals surface area (Å²) >= 11 is 5.84. The number of halogens is 1. The van der Waals surface area contributed by atoms with E-state index in [1.165, 1.54) is 23.1 Å². The number of tetrazole rings is 1. The molecule has 0 saturated heterocycles. The van der Waals surface area contributed by atoms with E-state index < -0.39 is 10.0 Å². The molecule has 0 aliphatic rings. The fraction of sp³-hybridized carbons (Fsp3) is 0.0769. The van der Waals surface area contributed by atoms with Crippen molar-refractivity contribution in [1.82, 2.24) is 29.9 Å². The quantitative estimate of drug-likeness (QED) is 0.741. The summed E-state index contributed by atoms with van der Waals surface area (Å²) in [6.07, 6.45) is 2.77. The Morgan fingerprint density at radius 2 is 1.96 bits per heavy atom. The highest BCUT2D eigenvalue weighted by Crippen LogP contribution is 2.14. The van der Waals surface area contributed by atoms with Crippen molar-refractivity contribution in [3.05, 3.63) is 59.6 Å². The van der Waals surface area contributed by atoms with Crippen molar-refractivity contribution in [2.45, 2.75) is 11.4 Å². The van der Waals surface area contributed by atoms with Crippen LogP contribution in [0.2, 0.25) is 5.02 Å². The van der Waals surface area contributed by atoms with Gasteiger partial charge in [-0.05, 0) is 46.8 Å². The maximum absolute atomic E-state index is 12.2. The molecule has 1 N–H and O–H groups in total. The van der Waals surface area contributed by atoms with Gasteiger partial charge in [0.1, 0.15) is 4.90 Å². The van der Waals surface area contributed by atoms with Crippen LogP contribution < -0.4 is 4.72 Å². The van der Waals surface area contributed by atoms with Gasteiger partial charge in [-0.2, -0.15) is 4.68 Å². The van der Waals surface area contributed by atoms with Crippen molar-refractivity contribution in [2.75, 3.05) is 0 Å². The Labute approximate surface area is 137 Å². The Kier molecular flexibility index (Phi) is 4.33. The number of hydrogen-bond donors (Lipinski definition) is 1. The molecule has 0 spiro atoms. The summed E-state index contributed by atoms with van der Waals surface area (Å²) in [6.45, 7) is -0.0626. The molecule has 0 amide bonds. The lowest BCUT2D eigenvalue weighted by molar-refractivity contribution is 0.577. The van der Waals surface area contributed by atoms with Gasteiger partial charge in [-0.1, -0.05) is 11.6 Å². The van der Waals surface area contributed by atoms with Crippen LogP contribution in [0.1, 0.15) is 5.82 Å². The minimum absolute atomic E-state index is 0.0626. The first kappa shape index (κ1) is 15.5. The van der Waals surface area contributed by atoms with Gasteiger partial charge in [0, 0.05) is 17.4 Å². The van der Waals surface area contributed by atoms with E-state index in [9.17, 15) is 8.42 Å². The third kappa shape index (κ3) is 3.52. The van der Waals surface area contributed by atoms with E-state index >= 15 is 0 Å². The zero-order valence-corrected chi connectivity index (χ0v) is 13.2. The second-order valence-corrected chi connectivity index (χ2v) is 6.70. The molecule has 2 aromatic heterocycles. The third-order valence-electron chi connectivity index (χ3n) is 2.97. The molecule has 118 valence electrons. The van der Waals surface area contributed by atoms with Crippen LogP contribution in [-0.2, 0) is 16.6 Å². The molecule has 8 nitrogen and oxygen atoms in total. The molecule has 23 heavy (non-hydrogen) atoms. The van der Waals surface area contributed by atoms with Crippen LogP contribution in [0.4, 0.5) is 0 Å². The number of benzene rings is 1. The summed E-state index contributed by atoms with van der Waals surface area (Å²) in [5.74, 6) is 0.347. The van der Waals surface area contributed by atoms with Crippen LogP contribution in [0.15, 0.2) is 53.7 Å². The lowest BCUT2D eigenvalue weighted by atomic mass is 10.3. The summed E-state index contributed by atoms with van der Waals surface area (Å²) in [5.41, 5.74) is 0.676. The van der Waals surface area contributed by atoms with Crippen molar-refractivity contribution in [3.8, 4) is 5.69 Å². The van der Waals surface area contributed by atoms with Gasteiger partial charge in [-0.15, -0.1) is 5.10 Å². The zero-order valence-electron chi connectivity index (χ0n) is 11.7. The number of sulfonamides is 1. The van der Waals surface area contributed by atoms with Crippen molar-refractivity contribution in [3.63, 3.8) is 0 Å². The number of nitrogens with zero attached hydrogens (tertiary/aromatic N) is 5. The fourth-order valence-corrected chi connectivity index (χ4v) is 2.92. The van der Waals surface area contributed by atoms with Crippen LogP contribution in [0.3, 0.4) is 0 Å². The molecule has 0 aliphatic carbocycles. The maximum atomic E-state index is 12.2. The van der Waals surface area contributed by atoms with Crippen LogP contribution in [0.5, 0.6) is 0 Å². The first-order chi connectivity index (χ1) is 11.1. The molecule has 3 rings (SSSR count). The zero-order chi connectivity index (χ0) is 16.3. The molecule has 10 heteroatoms. The molecule has 1 aromatic carbocycles. The van der Waals surface area contributed by atoms with Crippen LogP contribution in [-0.4, -0.2) is 33.6 Å². The molecule has 2 heterocycles. The molecule has 3 aromatic rings. The van der Waals surface area contributed by atoms with Gasteiger partial charge in [0.05, 0.1) is 12.2 Å². The molecular formula is C13H11ClN6O2S. The predicted octanol–water partition coefficient (Wildman–Crippen LogP) is 1.19. The Hall–Kier alpha value is -2.36. The standard InChI is InChI=1S/C13H11ClN6O2S/c14-10-3-5-11(6-4-10)20-13(17-18-19-20)9-16-23(21,22)12-2-1-7-15-8-12/h1-8,16H,9H2. The Morgan fingerprint density at radius 3 is 2.65 bits per heavy atom. The van der Waals surface area contributed by atoms with Gasteiger partial charge < -0.3 is 0 Å². The molecule has 0 aliphatic heterocycles. The van der Waals surface area contributed by atoms with Crippen molar-refractivity contribution in [2.24, 2.45) is 0 Å². The average molecular weight is 351 g/mol. The van der Waals surface area contributed by atoms with Crippen molar-refractivity contribution < 1.29 is 8.42 Å². The van der Waals surface area contributed by atoms with Gasteiger partial charge >= 0.3 is 0 Å². The Balaban J connectivity index is 1.80. The van der Waals surface area contributed by atoms with Gasteiger partial charge in [0.2, 0.25) is 10.0 Å². The highest BCUT2D eigenvalue weighted by molar-refractivity contribution is 7.89. The smallest absolute Gasteiger partial charge is 0.242 e. The Morgan fingerprint density at radius 1 is 1.17 bits per heavy atom. The number of aromatic nitrogens is 5. The van der Waals surface area contributed by atoms with E-state index in [2.05, 4.69) is 25.2 Å². The molecule has 0 saturated carbocycles. The minimum atomic E-state index is -3.68. The van der Waals surface area contributed by atoms with E-state index in [-0.39, 0.29) is 11.4 Å². The molecule has 0 unspecified atom stereocenters. The lowest BCUT2D eigenvalue weighted by Gasteiger charge is -2.07. The number of hydrogen-bond acceptors (Lipinski definition) is 6. The van der Waals surface area contributed by atoms with E-state index in [4.69, 9.17) is 11.6 Å². The topological polar surface area (TPSA) is 103 Å². The van der Waals surface area contributed by atoms with Crippen molar-refractivity contribution in [1.29, 1.82) is 0 Å². The summed E-state index contributed by atoms with van der Waals surface area (Å²) in [5, 5.41) is 11.9. The predicted molar refractivity (Wildman–Crippen MR) is 82.4 cm³/mol. The molecule has 0 fully saturated rings. The second-order valence-electron chi connectivity index (χ2n) is 4.50. The third-order valence-corrected chi connectivity index (χ3v) is 4.61. The maximum Gasteiger partial charge on any atom is 0.242 e. The minimum Gasteiger partial charge on any atom is -0.263 e. The fourth-order valence-electron chi connectivity index (χ4n) is 1.85. The summed E-state index contributed by atoms with van der Waals surface area (Å²) in [6, 6.07) is 9.86. The van der Waals surface area contributed by atoms with Gasteiger partial charge in [0.25, 0.3) is 0 Å². The van der Waals surface area contributed by atoms with E-state index in [0.29, 0.717) is 16.5 Å². The molecule has 0 atom stereocenters. The van der Waals surface area contributed by atoms with Gasteiger partial charge in [-0.3, -0.25) is 4.98 Å². The molecule has 0 bridgehead atoms. The lowest BCUT2D eigenvalue weighted by Crippen LogP contribution is -2.25.